The number of unbranched alkanes of at least 4 members (excludes halogenated alkanes) is 8. The summed E-state index contributed by atoms with van der Waals surface area (Å²) in [4.78, 5) is 0. The van der Waals surface area contributed by atoms with Crippen LogP contribution < -0.4 is 0 Å². The first-order valence-electron chi connectivity index (χ1n) is 7.41. The van der Waals surface area contributed by atoms with Crippen molar-refractivity contribution in [3.63, 3.8) is 0 Å². The van der Waals surface area contributed by atoms with Gasteiger partial charge >= 0.3 is 0 Å². The van der Waals surface area contributed by atoms with E-state index in [0.717, 1.165) is 0 Å². The molecule has 0 atom stereocenters. The molecule has 0 unspecified atom stereocenters. The van der Waals surface area contributed by atoms with E-state index in [9.17, 15) is 0 Å². The maximum Gasteiger partial charge on any atom is 0.0197 e. The van der Waals surface area contributed by atoms with Crippen molar-refractivity contribution in [1.29, 1.82) is 0 Å². The fraction of sp³-hybridized carbons (Fsp3) is 1.00. The number of hydrogen-bond donors (Lipinski definition) is 0. The van der Waals surface area contributed by atoms with Gasteiger partial charge in [0.2, 0.25) is 0 Å². The summed E-state index contributed by atoms with van der Waals surface area (Å²) in [6.07, 6.45) is 14.8. The molecule has 0 amide bonds. The highest BCUT2D eigenvalue weighted by molar-refractivity contribution is 6.35. The fourth-order valence-electron chi connectivity index (χ4n) is 2.09. The van der Waals surface area contributed by atoms with Gasteiger partial charge in [0.05, 0.1) is 0 Å². The Bertz CT molecular complexity index is 89.5. The van der Waals surface area contributed by atoms with Crippen molar-refractivity contribution in [3.8, 4) is 0 Å². The second kappa shape index (κ2) is 14.2. The molecule has 0 fully saturated rings. The highest BCUT2D eigenvalue weighted by Crippen LogP contribution is 2.09. The molecule has 92 valence electrons. The van der Waals surface area contributed by atoms with E-state index in [4.69, 9.17) is 0 Å². The molecule has 0 aliphatic carbocycles. The van der Waals surface area contributed by atoms with Crippen molar-refractivity contribution in [1.82, 2.24) is 0 Å². The van der Waals surface area contributed by atoms with Crippen molar-refractivity contribution < 1.29 is 0 Å². The van der Waals surface area contributed by atoms with Crippen LogP contribution in [0.4, 0.5) is 0 Å². The van der Waals surface area contributed by atoms with Crippen LogP contribution in [0.3, 0.4) is 0 Å². The zero-order valence-electron chi connectivity index (χ0n) is 11.2. The van der Waals surface area contributed by atoms with E-state index in [1.807, 2.05) is 0 Å². The zero-order valence-corrected chi connectivity index (χ0v) is 12.6. The Labute approximate surface area is 100 Å². The molecular formula is C14H32Si. The van der Waals surface area contributed by atoms with Gasteiger partial charge in [-0.15, -0.1) is 0 Å². The van der Waals surface area contributed by atoms with Gasteiger partial charge in [0.25, 0.3) is 0 Å². The minimum atomic E-state index is 0.344. The Hall–Kier alpha value is 0.217. The highest BCUT2D eigenvalue weighted by atomic mass is 28.2. The maximum atomic E-state index is 2.30. The average molecular weight is 228 g/mol. The van der Waals surface area contributed by atoms with E-state index >= 15 is 0 Å². The van der Waals surface area contributed by atoms with Crippen molar-refractivity contribution in [2.24, 2.45) is 0 Å². The summed E-state index contributed by atoms with van der Waals surface area (Å²) in [6, 6.07) is 3.24. The molecule has 0 aromatic carbocycles. The van der Waals surface area contributed by atoms with Gasteiger partial charge in [0, 0.05) is 9.52 Å². The second-order valence-corrected chi connectivity index (χ2v) is 7.01. The number of hydrogen-bond acceptors (Lipinski definition) is 0. The molecule has 0 radical (unpaired) electrons. The summed E-state index contributed by atoms with van der Waals surface area (Å²) in [6.45, 7) is 4.59. The monoisotopic (exact) mass is 228 g/mol. The third kappa shape index (κ3) is 14.2. The van der Waals surface area contributed by atoms with Gasteiger partial charge in [-0.1, -0.05) is 90.1 Å². The molecular weight excluding hydrogens is 196 g/mol. The Morgan fingerprint density at radius 3 is 1.47 bits per heavy atom. The van der Waals surface area contributed by atoms with Crippen LogP contribution in [0.1, 0.15) is 78.1 Å². The molecule has 0 aromatic heterocycles. The lowest BCUT2D eigenvalue weighted by Crippen LogP contribution is -1.89. The van der Waals surface area contributed by atoms with Crippen LogP contribution in [0.15, 0.2) is 0 Å². The van der Waals surface area contributed by atoms with Crippen molar-refractivity contribution in [2.45, 2.75) is 90.1 Å². The van der Waals surface area contributed by atoms with Gasteiger partial charge < -0.3 is 0 Å². The summed E-state index contributed by atoms with van der Waals surface area (Å²) < 4.78 is 0. The molecule has 0 saturated heterocycles. The van der Waals surface area contributed by atoms with E-state index in [0.29, 0.717) is 9.52 Å². The average Bonchev–Trinajstić information content (AvgIpc) is 2.26. The summed E-state index contributed by atoms with van der Waals surface area (Å²) in [5, 5.41) is 0. The lowest BCUT2D eigenvalue weighted by Gasteiger charge is -2.01. The van der Waals surface area contributed by atoms with E-state index in [-0.39, 0.29) is 0 Å². The first-order valence-corrected chi connectivity index (χ1v) is 9.41. The summed E-state index contributed by atoms with van der Waals surface area (Å²) in [5.41, 5.74) is 0. The maximum absolute atomic E-state index is 2.30. The van der Waals surface area contributed by atoms with E-state index < -0.39 is 0 Å². The molecule has 0 aliphatic rings. The Morgan fingerprint density at radius 2 is 0.933 bits per heavy atom. The summed E-state index contributed by atoms with van der Waals surface area (Å²) >= 11 is 0. The van der Waals surface area contributed by atoms with Crippen molar-refractivity contribution in [2.75, 3.05) is 0 Å². The molecule has 0 heterocycles. The first kappa shape index (κ1) is 15.2. The van der Waals surface area contributed by atoms with Gasteiger partial charge in [-0.2, -0.15) is 0 Å². The quantitative estimate of drug-likeness (QED) is 0.328. The smallest absolute Gasteiger partial charge is 0.0197 e. The predicted molar refractivity (Wildman–Crippen MR) is 75.7 cm³/mol. The van der Waals surface area contributed by atoms with Crippen LogP contribution in [0.2, 0.25) is 12.1 Å². The Morgan fingerprint density at radius 1 is 0.533 bits per heavy atom. The Kier molecular flexibility index (Phi) is 14.4. The standard InChI is InChI=1S/C14H32Si/c1-3-5-7-9-10-12-14-15-13-11-8-6-4-2/h3-15H2,1-2H3. The molecule has 0 saturated carbocycles. The molecule has 0 rings (SSSR count). The molecule has 15 heavy (non-hydrogen) atoms. The van der Waals surface area contributed by atoms with Gasteiger partial charge in [-0.3, -0.25) is 0 Å². The highest BCUT2D eigenvalue weighted by Gasteiger charge is 1.92. The van der Waals surface area contributed by atoms with Gasteiger partial charge in [-0.05, 0) is 0 Å². The fourth-order valence-corrected chi connectivity index (χ4v) is 3.86. The first-order chi connectivity index (χ1) is 7.41. The third-order valence-electron chi connectivity index (χ3n) is 3.21. The van der Waals surface area contributed by atoms with Crippen LogP contribution >= 0.6 is 0 Å². The lowest BCUT2D eigenvalue weighted by atomic mass is 10.1. The molecule has 0 spiro atoms. The lowest BCUT2D eigenvalue weighted by molar-refractivity contribution is 0.623. The molecule has 0 aliphatic heterocycles. The Balaban J connectivity index is 2.81. The molecule has 0 bridgehead atoms. The van der Waals surface area contributed by atoms with E-state index in [2.05, 4.69) is 13.8 Å². The van der Waals surface area contributed by atoms with Gasteiger partial charge in [-0.25, -0.2) is 0 Å². The minimum absolute atomic E-state index is 0.344. The second-order valence-electron chi connectivity index (χ2n) is 4.89. The predicted octanol–water partition coefficient (Wildman–Crippen LogP) is 4.93. The SMILES string of the molecule is CCCCCCCC[SiH2]CCCCCC. The summed E-state index contributed by atoms with van der Waals surface area (Å²) in [7, 11) is 0.344. The normalized spacial score (nSPS) is 11.6. The third-order valence-corrected chi connectivity index (χ3v) is 5.21. The molecule has 1 heteroatoms. The minimum Gasteiger partial charge on any atom is -0.0654 e. The zero-order chi connectivity index (χ0) is 11.2. The van der Waals surface area contributed by atoms with Crippen molar-refractivity contribution >= 4 is 9.52 Å². The number of rotatable bonds is 12. The van der Waals surface area contributed by atoms with Crippen LogP contribution in [0.5, 0.6) is 0 Å². The van der Waals surface area contributed by atoms with Crippen LogP contribution in [-0.2, 0) is 0 Å². The van der Waals surface area contributed by atoms with Gasteiger partial charge in [0.1, 0.15) is 0 Å². The van der Waals surface area contributed by atoms with E-state index in [1.54, 1.807) is 18.5 Å². The largest absolute Gasteiger partial charge is 0.0654 e. The van der Waals surface area contributed by atoms with Crippen LogP contribution in [0, 0.1) is 0 Å². The topological polar surface area (TPSA) is 0 Å². The molecule has 0 N–H and O–H groups in total. The molecule has 0 nitrogen and oxygen atoms in total. The molecule has 0 aromatic rings. The summed E-state index contributed by atoms with van der Waals surface area (Å²) in [5.74, 6) is 0. The van der Waals surface area contributed by atoms with Crippen LogP contribution in [-0.4, -0.2) is 9.52 Å². The van der Waals surface area contributed by atoms with Crippen molar-refractivity contribution in [3.05, 3.63) is 0 Å². The van der Waals surface area contributed by atoms with Crippen LogP contribution in [0.25, 0.3) is 0 Å². The van der Waals surface area contributed by atoms with Gasteiger partial charge in [0.15, 0.2) is 0 Å². The van der Waals surface area contributed by atoms with E-state index in [1.165, 1.54) is 57.8 Å².